The van der Waals surface area contributed by atoms with E-state index in [2.05, 4.69) is 31.6 Å². The Morgan fingerprint density at radius 1 is 1.41 bits per heavy atom. The summed E-state index contributed by atoms with van der Waals surface area (Å²) < 4.78 is 5.97. The monoisotopic (exact) mass is 432 g/mol. The molecule has 10 heteroatoms. The van der Waals surface area contributed by atoms with E-state index in [0.717, 1.165) is 24.5 Å². The lowest BCUT2D eigenvalue weighted by Crippen LogP contribution is -2.40. The first kappa shape index (κ1) is 21.2. The van der Waals surface area contributed by atoms with E-state index in [0.29, 0.717) is 35.4 Å². The highest BCUT2D eigenvalue weighted by Crippen LogP contribution is 2.29. The second-order valence-electron chi connectivity index (χ2n) is 6.46. The molecule has 0 bridgehead atoms. The summed E-state index contributed by atoms with van der Waals surface area (Å²) in [6.07, 6.45) is 3.05. The summed E-state index contributed by atoms with van der Waals surface area (Å²) in [6.45, 7) is 4.41. The molecule has 0 aliphatic carbocycles. The molecule has 2 aromatic rings. The fourth-order valence-corrected chi connectivity index (χ4v) is 4.11. The molecule has 1 fully saturated rings. The van der Waals surface area contributed by atoms with Gasteiger partial charge in [0.15, 0.2) is 5.82 Å². The van der Waals surface area contributed by atoms with E-state index >= 15 is 0 Å². The number of carbonyl (C=O) groups excluding carboxylic acids is 1. The molecule has 8 nitrogen and oxygen atoms in total. The molecule has 2 amide bonds. The third kappa shape index (κ3) is 6.49. The number of carbonyl (C=O) groups is 1. The lowest BCUT2D eigenvalue weighted by molar-refractivity contribution is 0.256. The van der Waals surface area contributed by atoms with Gasteiger partial charge >= 0.3 is 6.03 Å². The maximum Gasteiger partial charge on any atom is 0.325 e. The van der Waals surface area contributed by atoms with Crippen molar-refractivity contribution < 1.29 is 9.53 Å². The highest BCUT2D eigenvalue weighted by Gasteiger charge is 2.21. The van der Waals surface area contributed by atoms with Crippen LogP contribution in [-0.2, 0) is 0 Å². The van der Waals surface area contributed by atoms with Crippen LogP contribution in [0.3, 0.4) is 0 Å². The molecular weight excluding hydrogens is 412 g/mol. The Morgan fingerprint density at radius 2 is 2.28 bits per heavy atom. The Bertz CT molecular complexity index is 889. The number of aryl methyl sites for hydroxylation is 1. The highest BCUT2D eigenvalue weighted by atomic mass is 35.5. The second kappa shape index (κ2) is 10.3. The van der Waals surface area contributed by atoms with Crippen LogP contribution in [-0.4, -0.2) is 58.1 Å². The molecular formula is C19H21ClN6O2S. The van der Waals surface area contributed by atoms with Crippen molar-refractivity contribution in [2.24, 2.45) is 0 Å². The number of rotatable bonds is 6. The summed E-state index contributed by atoms with van der Waals surface area (Å²) in [7, 11) is 0. The molecule has 0 radical (unpaired) electrons. The molecule has 1 saturated heterocycles. The van der Waals surface area contributed by atoms with E-state index in [1.807, 2.05) is 18.7 Å². The molecule has 1 aliphatic heterocycles. The fourth-order valence-electron chi connectivity index (χ4n) is 2.76. The summed E-state index contributed by atoms with van der Waals surface area (Å²) in [5, 5.41) is 15.0. The van der Waals surface area contributed by atoms with Gasteiger partial charge in [0.05, 0.1) is 41.6 Å². The van der Waals surface area contributed by atoms with Gasteiger partial charge in [-0.3, -0.25) is 15.2 Å². The van der Waals surface area contributed by atoms with Gasteiger partial charge in [-0.15, -0.1) is 0 Å². The number of nitrogens with one attached hydrogen (secondary N) is 2. The number of hydrogen-bond acceptors (Lipinski definition) is 7. The van der Waals surface area contributed by atoms with Crippen LogP contribution in [0.1, 0.15) is 5.69 Å². The normalized spacial score (nSPS) is 16.7. The molecule has 152 valence electrons. The molecule has 2 N–H and O–H groups in total. The average Bonchev–Trinajstić information content (AvgIpc) is 2.70. The zero-order valence-electron chi connectivity index (χ0n) is 15.9. The number of nitriles is 1. The van der Waals surface area contributed by atoms with Crippen molar-refractivity contribution in [2.75, 3.05) is 42.6 Å². The van der Waals surface area contributed by atoms with Crippen molar-refractivity contribution in [3.8, 4) is 11.8 Å². The summed E-state index contributed by atoms with van der Waals surface area (Å²) in [6, 6.07) is 6.79. The topological polar surface area (TPSA) is 103 Å². The van der Waals surface area contributed by atoms with Gasteiger partial charge in [-0.1, -0.05) is 11.6 Å². The van der Waals surface area contributed by atoms with Gasteiger partial charge in [0.2, 0.25) is 0 Å². The maximum absolute atomic E-state index is 12.3. The van der Waals surface area contributed by atoms with Crippen LogP contribution in [0.5, 0.6) is 5.75 Å². The number of ether oxygens (including phenoxy) is 1. The van der Waals surface area contributed by atoms with E-state index in [-0.39, 0.29) is 5.25 Å². The first-order valence-electron chi connectivity index (χ1n) is 9.03. The number of amides is 2. The van der Waals surface area contributed by atoms with Crippen molar-refractivity contribution in [3.63, 3.8) is 0 Å². The minimum absolute atomic E-state index is 0.247. The Kier molecular flexibility index (Phi) is 7.52. The van der Waals surface area contributed by atoms with Crippen LogP contribution in [0.4, 0.5) is 16.3 Å². The Hall–Kier alpha value is -2.54. The van der Waals surface area contributed by atoms with Gasteiger partial charge in [0.25, 0.3) is 0 Å². The van der Waals surface area contributed by atoms with E-state index in [4.69, 9.17) is 21.6 Å². The third-order valence-electron chi connectivity index (χ3n) is 4.15. The lowest BCUT2D eigenvalue weighted by Gasteiger charge is -2.30. The predicted octanol–water partition coefficient (Wildman–Crippen LogP) is 3.40. The second-order valence-corrected chi connectivity index (χ2v) is 8.30. The molecule has 3 rings (SSSR count). The van der Waals surface area contributed by atoms with Crippen molar-refractivity contribution in [1.82, 2.24) is 14.9 Å². The SMILES string of the molecule is Cc1cnc(NC(=O)Nc2cc(Cl)ccc2OCC2CN(CC#N)CCS2)cn1. The van der Waals surface area contributed by atoms with Crippen LogP contribution in [0.25, 0.3) is 0 Å². The maximum atomic E-state index is 12.3. The zero-order chi connectivity index (χ0) is 20.6. The summed E-state index contributed by atoms with van der Waals surface area (Å²) in [5.41, 5.74) is 1.22. The fraction of sp³-hybridized carbons (Fsp3) is 0.368. The van der Waals surface area contributed by atoms with Crippen LogP contribution in [0.2, 0.25) is 5.02 Å². The standard InChI is InChI=1S/C19H21ClN6O2S/c1-13-9-23-18(10-22-13)25-19(27)24-16-8-14(20)2-3-17(16)28-12-15-11-26(5-4-21)6-7-29-15/h2-3,8-10,15H,5-7,11-12H2,1H3,(H2,23,24,25,27). The van der Waals surface area contributed by atoms with Gasteiger partial charge < -0.3 is 10.1 Å². The smallest absolute Gasteiger partial charge is 0.325 e. The van der Waals surface area contributed by atoms with E-state index < -0.39 is 6.03 Å². The van der Waals surface area contributed by atoms with Crippen LogP contribution < -0.4 is 15.4 Å². The minimum Gasteiger partial charge on any atom is -0.490 e. The summed E-state index contributed by atoms with van der Waals surface area (Å²) in [5.74, 6) is 1.83. The zero-order valence-corrected chi connectivity index (χ0v) is 17.5. The quantitative estimate of drug-likeness (QED) is 0.674. The number of halogens is 1. The molecule has 1 atom stereocenters. The van der Waals surface area contributed by atoms with Gasteiger partial charge in [0.1, 0.15) is 12.4 Å². The number of benzene rings is 1. The molecule has 1 aromatic heterocycles. The minimum atomic E-state index is -0.470. The lowest BCUT2D eigenvalue weighted by atomic mass is 10.3. The molecule has 0 spiro atoms. The highest BCUT2D eigenvalue weighted by molar-refractivity contribution is 8.00. The first-order valence-corrected chi connectivity index (χ1v) is 10.5. The number of anilines is 2. The number of nitrogens with zero attached hydrogens (tertiary/aromatic N) is 4. The van der Waals surface area contributed by atoms with Crippen molar-refractivity contribution >= 4 is 40.9 Å². The predicted molar refractivity (Wildman–Crippen MR) is 115 cm³/mol. The third-order valence-corrected chi connectivity index (χ3v) is 5.56. The summed E-state index contributed by atoms with van der Waals surface area (Å²) in [4.78, 5) is 22.6. The Labute approximate surface area is 178 Å². The van der Waals surface area contributed by atoms with E-state index in [1.165, 1.54) is 6.20 Å². The van der Waals surface area contributed by atoms with E-state index in [9.17, 15) is 4.79 Å². The van der Waals surface area contributed by atoms with Crippen molar-refractivity contribution in [2.45, 2.75) is 12.2 Å². The van der Waals surface area contributed by atoms with Crippen LogP contribution in [0.15, 0.2) is 30.6 Å². The molecule has 2 heterocycles. The van der Waals surface area contributed by atoms with Crippen LogP contribution in [0, 0.1) is 18.3 Å². The number of thioether (sulfide) groups is 1. The van der Waals surface area contributed by atoms with Crippen molar-refractivity contribution in [1.29, 1.82) is 5.26 Å². The number of aromatic nitrogens is 2. The number of urea groups is 1. The molecule has 0 saturated carbocycles. The van der Waals surface area contributed by atoms with Gasteiger partial charge in [-0.05, 0) is 25.1 Å². The van der Waals surface area contributed by atoms with E-state index in [1.54, 1.807) is 24.4 Å². The Morgan fingerprint density at radius 3 is 3.03 bits per heavy atom. The van der Waals surface area contributed by atoms with Gasteiger partial charge in [0, 0.05) is 23.9 Å². The molecule has 1 aliphatic rings. The molecule has 29 heavy (non-hydrogen) atoms. The summed E-state index contributed by atoms with van der Waals surface area (Å²) >= 11 is 7.91. The first-order chi connectivity index (χ1) is 14.0. The van der Waals surface area contributed by atoms with Crippen LogP contribution >= 0.6 is 23.4 Å². The average molecular weight is 433 g/mol. The molecule has 1 unspecified atom stereocenters. The van der Waals surface area contributed by atoms with Gasteiger partial charge in [-0.25, -0.2) is 9.78 Å². The molecule has 1 aromatic carbocycles. The van der Waals surface area contributed by atoms with Crippen molar-refractivity contribution in [3.05, 3.63) is 41.3 Å². The Balaban J connectivity index is 1.60. The largest absolute Gasteiger partial charge is 0.490 e. The number of hydrogen-bond donors (Lipinski definition) is 2. The van der Waals surface area contributed by atoms with Gasteiger partial charge in [-0.2, -0.15) is 17.0 Å².